The van der Waals surface area contributed by atoms with E-state index in [1.54, 1.807) is 0 Å². The molecule has 0 spiro atoms. The lowest BCUT2D eigenvalue weighted by Crippen LogP contribution is -2.11. The standard InChI is InChI=1S/C22H19N/c1-4-19-11-13-21(14-12-19)23(20-8-6-5-7-9-20)22-15-10-17(2)16-18(22)3/h1,5-16H,2-3H3. The molecule has 0 amide bonds. The van der Waals surface area contributed by atoms with Crippen LogP contribution in [0.3, 0.4) is 0 Å². The van der Waals surface area contributed by atoms with Crippen molar-refractivity contribution in [3.63, 3.8) is 0 Å². The summed E-state index contributed by atoms with van der Waals surface area (Å²) in [5.74, 6) is 2.67. The molecule has 112 valence electrons. The Balaban J connectivity index is 2.16. The van der Waals surface area contributed by atoms with Crippen LogP contribution in [0.15, 0.2) is 72.8 Å². The summed E-state index contributed by atoms with van der Waals surface area (Å²) >= 11 is 0. The van der Waals surface area contributed by atoms with Crippen molar-refractivity contribution in [1.29, 1.82) is 0 Å². The predicted octanol–water partition coefficient (Wildman–Crippen LogP) is 5.75. The lowest BCUT2D eigenvalue weighted by Gasteiger charge is -2.27. The summed E-state index contributed by atoms with van der Waals surface area (Å²) in [5, 5.41) is 0. The third-order valence-corrected chi connectivity index (χ3v) is 3.90. The summed E-state index contributed by atoms with van der Waals surface area (Å²) in [7, 11) is 0. The minimum atomic E-state index is 0.891. The van der Waals surface area contributed by atoms with Crippen LogP contribution in [0.4, 0.5) is 17.1 Å². The molecule has 0 aliphatic carbocycles. The molecule has 0 radical (unpaired) electrons. The Morgan fingerprint density at radius 3 is 2.04 bits per heavy atom. The second kappa shape index (κ2) is 6.42. The van der Waals surface area contributed by atoms with Crippen LogP contribution in [-0.2, 0) is 0 Å². The van der Waals surface area contributed by atoms with Gasteiger partial charge in [-0.1, -0.05) is 41.8 Å². The Hall–Kier alpha value is -2.98. The molecule has 0 N–H and O–H groups in total. The van der Waals surface area contributed by atoms with Crippen LogP contribution >= 0.6 is 0 Å². The smallest absolute Gasteiger partial charge is 0.0490 e. The van der Waals surface area contributed by atoms with Gasteiger partial charge in [0.25, 0.3) is 0 Å². The fourth-order valence-corrected chi connectivity index (χ4v) is 2.77. The zero-order chi connectivity index (χ0) is 16.2. The van der Waals surface area contributed by atoms with E-state index in [0.717, 1.165) is 16.9 Å². The second-order valence-electron chi connectivity index (χ2n) is 5.65. The van der Waals surface area contributed by atoms with Crippen molar-refractivity contribution in [3.8, 4) is 12.3 Å². The first-order valence-corrected chi connectivity index (χ1v) is 7.68. The molecule has 23 heavy (non-hydrogen) atoms. The number of para-hydroxylation sites is 1. The molecule has 0 aliphatic heterocycles. The highest BCUT2D eigenvalue weighted by molar-refractivity contribution is 5.78. The topological polar surface area (TPSA) is 3.24 Å². The number of rotatable bonds is 3. The summed E-state index contributed by atoms with van der Waals surface area (Å²) in [5.41, 5.74) is 6.81. The van der Waals surface area contributed by atoms with E-state index in [-0.39, 0.29) is 0 Å². The Bertz CT molecular complexity index is 839. The van der Waals surface area contributed by atoms with Gasteiger partial charge in [-0.25, -0.2) is 0 Å². The second-order valence-corrected chi connectivity index (χ2v) is 5.65. The molecule has 0 atom stereocenters. The molecule has 3 rings (SSSR count). The van der Waals surface area contributed by atoms with Crippen molar-refractivity contribution in [3.05, 3.63) is 89.5 Å². The van der Waals surface area contributed by atoms with Crippen molar-refractivity contribution >= 4 is 17.1 Å². The molecule has 3 aromatic carbocycles. The first-order valence-electron chi connectivity index (χ1n) is 7.68. The lowest BCUT2D eigenvalue weighted by atomic mass is 10.1. The van der Waals surface area contributed by atoms with Gasteiger partial charge < -0.3 is 4.90 Å². The SMILES string of the molecule is C#Cc1ccc(N(c2ccccc2)c2ccc(C)cc2C)cc1. The van der Waals surface area contributed by atoms with E-state index in [4.69, 9.17) is 6.42 Å². The maximum absolute atomic E-state index is 5.48. The number of aryl methyl sites for hydroxylation is 2. The molecule has 0 saturated heterocycles. The van der Waals surface area contributed by atoms with Gasteiger partial charge in [0.05, 0.1) is 0 Å². The van der Waals surface area contributed by atoms with E-state index in [1.165, 1.54) is 16.8 Å². The molecule has 0 fully saturated rings. The fourth-order valence-electron chi connectivity index (χ4n) is 2.77. The highest BCUT2D eigenvalue weighted by Crippen LogP contribution is 2.36. The lowest BCUT2D eigenvalue weighted by molar-refractivity contribution is 1.24. The minimum absolute atomic E-state index is 0.891. The molecule has 0 saturated carbocycles. The van der Waals surface area contributed by atoms with Gasteiger partial charge in [-0.05, 0) is 61.9 Å². The number of hydrogen-bond acceptors (Lipinski definition) is 1. The van der Waals surface area contributed by atoms with E-state index in [9.17, 15) is 0 Å². The van der Waals surface area contributed by atoms with Crippen molar-refractivity contribution in [2.24, 2.45) is 0 Å². The maximum atomic E-state index is 5.48. The zero-order valence-electron chi connectivity index (χ0n) is 13.5. The van der Waals surface area contributed by atoms with Crippen LogP contribution < -0.4 is 4.90 Å². The average molecular weight is 297 g/mol. The number of anilines is 3. The molecule has 1 nitrogen and oxygen atoms in total. The van der Waals surface area contributed by atoms with Crippen molar-refractivity contribution in [1.82, 2.24) is 0 Å². The van der Waals surface area contributed by atoms with Crippen LogP contribution in [0.2, 0.25) is 0 Å². The highest BCUT2D eigenvalue weighted by atomic mass is 15.1. The van der Waals surface area contributed by atoms with Crippen LogP contribution in [0.25, 0.3) is 0 Å². The summed E-state index contributed by atoms with van der Waals surface area (Å²) in [4.78, 5) is 2.26. The monoisotopic (exact) mass is 297 g/mol. The van der Waals surface area contributed by atoms with Gasteiger partial charge in [-0.15, -0.1) is 6.42 Å². The molecule has 0 aliphatic rings. The molecule has 0 heterocycles. The Kier molecular flexibility index (Phi) is 4.17. The van der Waals surface area contributed by atoms with Gasteiger partial charge in [0.15, 0.2) is 0 Å². The highest BCUT2D eigenvalue weighted by Gasteiger charge is 2.14. The molecule has 3 aromatic rings. The number of benzene rings is 3. The predicted molar refractivity (Wildman–Crippen MR) is 98.5 cm³/mol. The summed E-state index contributed by atoms with van der Waals surface area (Å²) in [6.07, 6.45) is 5.48. The Morgan fingerprint density at radius 1 is 0.783 bits per heavy atom. The van der Waals surface area contributed by atoms with Crippen molar-refractivity contribution in [2.45, 2.75) is 13.8 Å². The van der Waals surface area contributed by atoms with Crippen molar-refractivity contribution in [2.75, 3.05) is 4.90 Å². The van der Waals surface area contributed by atoms with Crippen LogP contribution in [0, 0.1) is 26.2 Å². The maximum Gasteiger partial charge on any atom is 0.0490 e. The number of hydrogen-bond donors (Lipinski definition) is 0. The first kappa shape index (κ1) is 14.9. The third kappa shape index (κ3) is 3.12. The first-order chi connectivity index (χ1) is 11.2. The quantitative estimate of drug-likeness (QED) is 0.556. The average Bonchev–Trinajstić information content (AvgIpc) is 2.59. The Labute approximate surface area is 138 Å². The van der Waals surface area contributed by atoms with Gasteiger partial charge in [-0.3, -0.25) is 0 Å². The summed E-state index contributed by atoms with van der Waals surface area (Å²) < 4.78 is 0. The van der Waals surface area contributed by atoms with Gasteiger partial charge in [-0.2, -0.15) is 0 Å². The fraction of sp³-hybridized carbons (Fsp3) is 0.0909. The molecule has 0 bridgehead atoms. The third-order valence-electron chi connectivity index (χ3n) is 3.90. The van der Waals surface area contributed by atoms with E-state index in [2.05, 4.69) is 79.3 Å². The molecule has 0 aromatic heterocycles. The van der Waals surface area contributed by atoms with Gasteiger partial charge in [0, 0.05) is 22.6 Å². The number of nitrogens with zero attached hydrogens (tertiary/aromatic N) is 1. The normalized spacial score (nSPS) is 10.1. The Morgan fingerprint density at radius 2 is 1.43 bits per heavy atom. The molecule has 0 unspecified atom stereocenters. The minimum Gasteiger partial charge on any atom is -0.310 e. The largest absolute Gasteiger partial charge is 0.310 e. The zero-order valence-corrected chi connectivity index (χ0v) is 13.5. The molecule has 1 heteroatoms. The number of terminal acetylenes is 1. The van der Waals surface area contributed by atoms with E-state index < -0.39 is 0 Å². The van der Waals surface area contributed by atoms with E-state index >= 15 is 0 Å². The summed E-state index contributed by atoms with van der Waals surface area (Å²) in [6, 6.07) is 25.0. The van der Waals surface area contributed by atoms with Crippen LogP contribution in [0.1, 0.15) is 16.7 Å². The van der Waals surface area contributed by atoms with Crippen LogP contribution in [0.5, 0.6) is 0 Å². The van der Waals surface area contributed by atoms with Gasteiger partial charge >= 0.3 is 0 Å². The van der Waals surface area contributed by atoms with E-state index in [1.807, 2.05) is 18.2 Å². The molecular formula is C22H19N. The van der Waals surface area contributed by atoms with E-state index in [0.29, 0.717) is 0 Å². The summed E-state index contributed by atoms with van der Waals surface area (Å²) in [6.45, 7) is 4.26. The van der Waals surface area contributed by atoms with Gasteiger partial charge in [0.1, 0.15) is 0 Å². The van der Waals surface area contributed by atoms with Crippen molar-refractivity contribution < 1.29 is 0 Å². The van der Waals surface area contributed by atoms with Gasteiger partial charge in [0.2, 0.25) is 0 Å². The van der Waals surface area contributed by atoms with Crippen LogP contribution in [-0.4, -0.2) is 0 Å². The molecular weight excluding hydrogens is 278 g/mol.